The zero-order valence-electron chi connectivity index (χ0n) is 17.7. The Labute approximate surface area is 188 Å². The van der Waals surface area contributed by atoms with Crippen LogP contribution in [0.15, 0.2) is 36.4 Å². The number of rotatable bonds is 4. The molecule has 1 aliphatic heterocycles. The van der Waals surface area contributed by atoms with Crippen LogP contribution in [0.25, 0.3) is 10.9 Å². The van der Waals surface area contributed by atoms with Crippen molar-refractivity contribution in [2.45, 2.75) is 31.5 Å². The fraction of sp³-hybridized carbons (Fsp3) is 0.391. The van der Waals surface area contributed by atoms with Crippen LogP contribution in [0.2, 0.25) is 5.02 Å². The van der Waals surface area contributed by atoms with Gasteiger partial charge in [-0.1, -0.05) is 23.7 Å². The van der Waals surface area contributed by atoms with E-state index >= 15 is 0 Å². The smallest absolute Gasteiger partial charge is 0.417 e. The molecule has 0 spiro atoms. The highest BCUT2D eigenvalue weighted by Gasteiger charge is 2.33. The molecule has 0 bridgehead atoms. The minimum absolute atomic E-state index is 0.144. The molecule has 32 heavy (non-hydrogen) atoms. The number of nitrogens with zero attached hydrogens (tertiary/aromatic N) is 3. The number of esters is 1. The number of carbonyl (C=O) groups excluding carboxylic acids is 1. The Hall–Kier alpha value is -2.58. The highest BCUT2D eigenvalue weighted by Crippen LogP contribution is 2.36. The summed E-state index contributed by atoms with van der Waals surface area (Å²) < 4.78 is 46.2. The molecule has 0 saturated carbocycles. The predicted octanol–water partition coefficient (Wildman–Crippen LogP) is 5.41. The molecule has 3 aromatic rings. The first kappa shape index (κ1) is 22.6. The highest BCUT2D eigenvalue weighted by molar-refractivity contribution is 6.31. The molecule has 1 aliphatic rings. The quantitative estimate of drug-likeness (QED) is 0.483. The Morgan fingerprint density at radius 2 is 2.03 bits per heavy atom. The summed E-state index contributed by atoms with van der Waals surface area (Å²) in [5.74, 6) is -0.259. The van der Waals surface area contributed by atoms with E-state index in [0.29, 0.717) is 24.2 Å². The van der Waals surface area contributed by atoms with Crippen molar-refractivity contribution in [3.63, 3.8) is 0 Å². The first-order chi connectivity index (χ1) is 15.2. The average molecular weight is 466 g/mol. The van der Waals surface area contributed by atoms with Gasteiger partial charge in [-0.25, -0.2) is 4.79 Å². The first-order valence-corrected chi connectivity index (χ1v) is 10.7. The standard InChI is InChI=1S/C23H23ClF3N3O2/c1-29-20-11-15(22(31)32-2)6-7-17(20)21(28-29)16-4-3-9-30(13-16)12-14-5-8-19(24)18(10-14)23(25,26)27/h5-8,10-11,16H,3-4,9,12-13H2,1-2H3. The number of hydrogen-bond acceptors (Lipinski definition) is 4. The van der Waals surface area contributed by atoms with Gasteiger partial charge in [0.2, 0.25) is 0 Å². The van der Waals surface area contributed by atoms with Gasteiger partial charge < -0.3 is 4.74 Å². The molecular formula is C23H23ClF3N3O2. The van der Waals surface area contributed by atoms with Crippen LogP contribution < -0.4 is 0 Å². The lowest BCUT2D eigenvalue weighted by Crippen LogP contribution is -2.34. The fourth-order valence-corrected chi connectivity index (χ4v) is 4.62. The van der Waals surface area contributed by atoms with E-state index in [9.17, 15) is 18.0 Å². The van der Waals surface area contributed by atoms with E-state index in [1.807, 2.05) is 13.1 Å². The fourth-order valence-electron chi connectivity index (χ4n) is 4.40. The van der Waals surface area contributed by atoms with E-state index in [2.05, 4.69) is 4.90 Å². The lowest BCUT2D eigenvalue weighted by atomic mass is 9.92. The largest absolute Gasteiger partial charge is 0.465 e. The van der Waals surface area contributed by atoms with E-state index in [1.165, 1.54) is 13.2 Å². The molecular weight excluding hydrogens is 443 g/mol. The highest BCUT2D eigenvalue weighted by atomic mass is 35.5. The molecule has 1 fully saturated rings. The summed E-state index contributed by atoms with van der Waals surface area (Å²) >= 11 is 5.75. The van der Waals surface area contributed by atoms with Gasteiger partial charge in [0, 0.05) is 31.4 Å². The Morgan fingerprint density at radius 1 is 1.25 bits per heavy atom. The summed E-state index contributed by atoms with van der Waals surface area (Å²) in [6.07, 6.45) is -2.62. The van der Waals surface area contributed by atoms with Gasteiger partial charge in [0.1, 0.15) is 0 Å². The summed E-state index contributed by atoms with van der Waals surface area (Å²) in [7, 11) is 3.18. The van der Waals surface area contributed by atoms with Gasteiger partial charge in [-0.15, -0.1) is 0 Å². The van der Waals surface area contributed by atoms with Crippen LogP contribution in [0.1, 0.15) is 45.9 Å². The molecule has 2 heterocycles. The first-order valence-electron chi connectivity index (χ1n) is 10.3. The predicted molar refractivity (Wildman–Crippen MR) is 116 cm³/mol. The molecule has 0 radical (unpaired) electrons. The minimum Gasteiger partial charge on any atom is -0.465 e. The molecule has 0 N–H and O–H groups in total. The second-order valence-corrected chi connectivity index (χ2v) is 8.53. The van der Waals surface area contributed by atoms with Gasteiger partial charge in [0.15, 0.2) is 0 Å². The molecule has 5 nitrogen and oxygen atoms in total. The lowest BCUT2D eigenvalue weighted by Gasteiger charge is -2.32. The third-order valence-corrected chi connectivity index (χ3v) is 6.27. The molecule has 0 amide bonds. The van der Waals surface area contributed by atoms with Crippen molar-refractivity contribution in [1.82, 2.24) is 14.7 Å². The van der Waals surface area contributed by atoms with Crippen LogP contribution >= 0.6 is 11.6 Å². The van der Waals surface area contributed by atoms with Crippen LogP contribution in [0, 0.1) is 0 Å². The monoisotopic (exact) mass is 465 g/mol. The zero-order valence-corrected chi connectivity index (χ0v) is 18.5. The van der Waals surface area contributed by atoms with Crippen LogP contribution in [-0.2, 0) is 24.5 Å². The third-order valence-electron chi connectivity index (χ3n) is 5.94. The second kappa shape index (κ2) is 8.75. The number of aromatic nitrogens is 2. The topological polar surface area (TPSA) is 47.4 Å². The Bertz CT molecular complexity index is 1160. The number of aryl methyl sites for hydroxylation is 1. The van der Waals surface area contributed by atoms with Gasteiger partial charge >= 0.3 is 12.1 Å². The number of fused-ring (bicyclic) bond motifs is 1. The lowest BCUT2D eigenvalue weighted by molar-refractivity contribution is -0.137. The summed E-state index contributed by atoms with van der Waals surface area (Å²) in [6.45, 7) is 1.90. The number of ether oxygens (including phenoxy) is 1. The number of carbonyl (C=O) groups is 1. The molecule has 1 saturated heterocycles. The van der Waals surface area contributed by atoms with Crippen molar-refractivity contribution in [3.8, 4) is 0 Å². The maximum Gasteiger partial charge on any atom is 0.417 e. The molecule has 1 unspecified atom stereocenters. The molecule has 0 aliphatic carbocycles. The number of hydrogen-bond donors (Lipinski definition) is 0. The number of likely N-dealkylation sites (tertiary alicyclic amines) is 1. The van der Waals surface area contributed by atoms with Crippen molar-refractivity contribution < 1.29 is 22.7 Å². The summed E-state index contributed by atoms with van der Waals surface area (Å²) in [5.41, 5.74) is 2.02. The molecule has 1 aromatic heterocycles. The second-order valence-electron chi connectivity index (χ2n) is 8.12. The van der Waals surface area contributed by atoms with E-state index in [-0.39, 0.29) is 10.9 Å². The number of halogens is 4. The van der Waals surface area contributed by atoms with Crippen molar-refractivity contribution >= 4 is 28.5 Å². The van der Waals surface area contributed by atoms with Gasteiger partial charge in [-0.2, -0.15) is 18.3 Å². The van der Waals surface area contributed by atoms with Crippen molar-refractivity contribution in [2.75, 3.05) is 20.2 Å². The minimum atomic E-state index is -4.48. The maximum absolute atomic E-state index is 13.2. The number of piperidine rings is 1. The normalized spacial score (nSPS) is 17.6. The van der Waals surface area contributed by atoms with Gasteiger partial charge in [0.05, 0.1) is 34.5 Å². The van der Waals surface area contributed by atoms with Crippen LogP contribution in [0.4, 0.5) is 13.2 Å². The SMILES string of the molecule is COC(=O)c1ccc2c(C3CCCN(Cc4ccc(Cl)c(C(F)(F)F)c4)C3)nn(C)c2c1. The number of methoxy groups -OCH3 is 1. The summed E-state index contributed by atoms with van der Waals surface area (Å²) in [5, 5.41) is 5.39. The summed E-state index contributed by atoms with van der Waals surface area (Å²) in [4.78, 5) is 14.0. The van der Waals surface area contributed by atoms with Gasteiger partial charge in [-0.3, -0.25) is 9.58 Å². The molecule has 4 rings (SSSR count). The number of benzene rings is 2. The summed E-state index contributed by atoms with van der Waals surface area (Å²) in [6, 6.07) is 9.48. The molecule has 1 atom stereocenters. The third kappa shape index (κ3) is 4.47. The van der Waals surface area contributed by atoms with Gasteiger partial charge in [-0.05, 0) is 49.2 Å². The Kier molecular flexibility index (Phi) is 6.18. The average Bonchev–Trinajstić information content (AvgIpc) is 3.10. The zero-order chi connectivity index (χ0) is 23.0. The Balaban J connectivity index is 1.56. The van der Waals surface area contributed by atoms with Gasteiger partial charge in [0.25, 0.3) is 0 Å². The Morgan fingerprint density at radius 3 is 2.75 bits per heavy atom. The maximum atomic E-state index is 13.2. The molecule has 2 aromatic carbocycles. The van der Waals surface area contributed by atoms with Crippen LogP contribution in [0.3, 0.4) is 0 Å². The van der Waals surface area contributed by atoms with E-state index < -0.39 is 17.7 Å². The number of alkyl halides is 3. The van der Waals surface area contributed by atoms with E-state index in [1.54, 1.807) is 22.9 Å². The van der Waals surface area contributed by atoms with Crippen molar-refractivity contribution in [2.24, 2.45) is 7.05 Å². The van der Waals surface area contributed by atoms with Crippen LogP contribution in [0.5, 0.6) is 0 Å². The van der Waals surface area contributed by atoms with Crippen LogP contribution in [-0.4, -0.2) is 40.8 Å². The molecule has 170 valence electrons. The van der Waals surface area contributed by atoms with Crippen molar-refractivity contribution in [3.05, 3.63) is 63.8 Å². The van der Waals surface area contributed by atoms with E-state index in [0.717, 1.165) is 42.0 Å². The van der Waals surface area contributed by atoms with Crippen molar-refractivity contribution in [1.29, 1.82) is 0 Å². The molecule has 9 heteroatoms. The van der Waals surface area contributed by atoms with E-state index in [4.69, 9.17) is 21.4 Å².